The Morgan fingerprint density at radius 3 is 2.08 bits per heavy atom. The predicted molar refractivity (Wildman–Crippen MR) is 104 cm³/mol. The van der Waals surface area contributed by atoms with Crippen molar-refractivity contribution in [1.82, 2.24) is 4.90 Å². The minimum Gasteiger partial charge on any atom is -0.376 e. The van der Waals surface area contributed by atoms with Gasteiger partial charge in [0, 0.05) is 41.0 Å². The van der Waals surface area contributed by atoms with Crippen LogP contribution in [0.4, 0.5) is 0 Å². The molecule has 1 atom stereocenters. The third kappa shape index (κ3) is 5.67. The molecule has 24 heavy (non-hydrogen) atoms. The lowest BCUT2D eigenvalue weighted by Gasteiger charge is -2.39. The zero-order valence-electron chi connectivity index (χ0n) is 15.2. The second-order valence-electron chi connectivity index (χ2n) is 5.34. The molecule has 138 valence electrons. The SMILES string of the molecule is C=Cc1ccc(CN(CCN)C(CC)[Si](OC)(OC)OC)cc1.Cl. The maximum absolute atomic E-state index is 5.83. The van der Waals surface area contributed by atoms with Crippen LogP contribution in [0.15, 0.2) is 30.8 Å². The van der Waals surface area contributed by atoms with Crippen LogP contribution < -0.4 is 5.73 Å². The van der Waals surface area contributed by atoms with E-state index in [0.717, 1.165) is 25.1 Å². The van der Waals surface area contributed by atoms with Crippen molar-refractivity contribution in [3.05, 3.63) is 42.0 Å². The lowest BCUT2D eigenvalue weighted by molar-refractivity contribution is 0.0706. The summed E-state index contributed by atoms with van der Waals surface area (Å²) in [7, 11) is 2.20. The molecule has 7 heteroatoms. The van der Waals surface area contributed by atoms with Gasteiger partial charge >= 0.3 is 8.80 Å². The number of halogens is 1. The first kappa shape index (κ1) is 23.3. The fourth-order valence-corrected chi connectivity index (χ4v) is 5.38. The lowest BCUT2D eigenvalue weighted by Crippen LogP contribution is -2.61. The molecule has 0 aliphatic heterocycles. The summed E-state index contributed by atoms with van der Waals surface area (Å²) in [4.78, 5) is 2.30. The molecule has 1 unspecified atom stereocenters. The first-order valence-corrected chi connectivity index (χ1v) is 9.71. The Balaban J connectivity index is 0.00000529. The first-order valence-electron chi connectivity index (χ1n) is 7.91. The molecule has 0 saturated heterocycles. The molecule has 0 fully saturated rings. The van der Waals surface area contributed by atoms with Crippen molar-refractivity contribution in [1.29, 1.82) is 0 Å². The monoisotopic (exact) mass is 374 g/mol. The summed E-state index contributed by atoms with van der Waals surface area (Å²) in [6, 6.07) is 8.36. The van der Waals surface area contributed by atoms with Crippen molar-refractivity contribution in [2.75, 3.05) is 34.4 Å². The van der Waals surface area contributed by atoms with Crippen molar-refractivity contribution in [2.24, 2.45) is 5.73 Å². The van der Waals surface area contributed by atoms with E-state index in [2.05, 4.69) is 42.7 Å². The van der Waals surface area contributed by atoms with Gasteiger partial charge in [-0.05, 0) is 17.5 Å². The van der Waals surface area contributed by atoms with Gasteiger partial charge in [0.2, 0.25) is 0 Å². The number of nitrogens with zero attached hydrogens (tertiary/aromatic N) is 1. The molecule has 5 nitrogen and oxygen atoms in total. The van der Waals surface area contributed by atoms with Crippen molar-refractivity contribution >= 4 is 27.3 Å². The van der Waals surface area contributed by atoms with Gasteiger partial charge in [-0.2, -0.15) is 0 Å². The van der Waals surface area contributed by atoms with Gasteiger partial charge in [-0.1, -0.05) is 43.8 Å². The van der Waals surface area contributed by atoms with E-state index in [4.69, 9.17) is 19.0 Å². The molecule has 1 aromatic carbocycles. The zero-order valence-corrected chi connectivity index (χ0v) is 17.0. The minimum absolute atomic E-state index is 0. The standard InChI is InChI=1S/C17H30N2O3Si.ClH/c1-6-15-8-10-16(11-9-15)14-19(13-12-18)17(7-2)23(20-3,21-4)22-5;/h6,8-11,17H,1,7,12-14,18H2,2-5H3;1H. The third-order valence-corrected chi connectivity index (χ3v) is 7.40. The van der Waals surface area contributed by atoms with Gasteiger partial charge in [-0.15, -0.1) is 12.4 Å². The molecule has 0 aliphatic rings. The largest absolute Gasteiger partial charge is 0.518 e. The van der Waals surface area contributed by atoms with E-state index in [9.17, 15) is 0 Å². The van der Waals surface area contributed by atoms with Gasteiger partial charge < -0.3 is 19.0 Å². The highest BCUT2D eigenvalue weighted by molar-refractivity contribution is 6.62. The van der Waals surface area contributed by atoms with Crippen LogP contribution in [0.1, 0.15) is 24.5 Å². The molecule has 0 heterocycles. The van der Waals surface area contributed by atoms with Gasteiger partial charge in [0.1, 0.15) is 0 Å². The number of nitrogens with two attached hydrogens (primary N) is 1. The van der Waals surface area contributed by atoms with Crippen LogP contribution in [-0.4, -0.2) is 53.8 Å². The van der Waals surface area contributed by atoms with Crippen LogP contribution in [-0.2, 0) is 19.8 Å². The van der Waals surface area contributed by atoms with Crippen molar-refractivity contribution in [2.45, 2.75) is 25.6 Å². The van der Waals surface area contributed by atoms with Gasteiger partial charge in [-0.25, -0.2) is 0 Å². The highest BCUT2D eigenvalue weighted by atomic mass is 35.5. The van der Waals surface area contributed by atoms with Crippen LogP contribution in [0, 0.1) is 0 Å². The van der Waals surface area contributed by atoms with Crippen LogP contribution >= 0.6 is 12.4 Å². The van der Waals surface area contributed by atoms with Crippen LogP contribution in [0.5, 0.6) is 0 Å². The van der Waals surface area contributed by atoms with E-state index in [1.54, 1.807) is 21.3 Å². The average molecular weight is 375 g/mol. The molecule has 0 spiro atoms. The Kier molecular flexibility index (Phi) is 11.4. The van der Waals surface area contributed by atoms with E-state index < -0.39 is 8.80 Å². The fourth-order valence-electron chi connectivity index (χ4n) is 2.89. The lowest BCUT2D eigenvalue weighted by atomic mass is 10.1. The summed E-state index contributed by atoms with van der Waals surface area (Å²) in [5.74, 6) is 0. The highest BCUT2D eigenvalue weighted by Crippen LogP contribution is 2.22. The molecule has 0 amide bonds. The maximum Gasteiger partial charge on any atom is 0.518 e. The highest BCUT2D eigenvalue weighted by Gasteiger charge is 2.49. The molecule has 0 saturated carbocycles. The summed E-state index contributed by atoms with van der Waals surface area (Å²) in [6.07, 6.45) is 2.71. The van der Waals surface area contributed by atoms with Gasteiger partial charge in [-0.3, -0.25) is 4.90 Å². The minimum atomic E-state index is -2.76. The van der Waals surface area contributed by atoms with Crippen molar-refractivity contribution in [3.8, 4) is 0 Å². The fraction of sp³-hybridized carbons (Fsp3) is 0.529. The number of hydrogen-bond acceptors (Lipinski definition) is 5. The van der Waals surface area contributed by atoms with E-state index in [-0.39, 0.29) is 18.1 Å². The molecular formula is C17H31ClN2O3Si. The molecule has 0 bridgehead atoms. The first-order chi connectivity index (χ1) is 11.1. The van der Waals surface area contributed by atoms with E-state index in [1.807, 2.05) is 6.08 Å². The number of hydrogen-bond donors (Lipinski definition) is 1. The Hall–Kier alpha value is -0.733. The molecule has 2 N–H and O–H groups in total. The summed E-state index contributed by atoms with van der Waals surface area (Å²) in [5.41, 5.74) is 8.22. The van der Waals surface area contributed by atoms with Gasteiger partial charge in [0.15, 0.2) is 0 Å². The maximum atomic E-state index is 5.83. The number of benzene rings is 1. The Labute approximate surface area is 153 Å². The topological polar surface area (TPSA) is 57.0 Å². The molecular weight excluding hydrogens is 344 g/mol. The smallest absolute Gasteiger partial charge is 0.376 e. The predicted octanol–water partition coefficient (Wildman–Crippen LogP) is 2.71. The second kappa shape index (κ2) is 11.8. The molecule has 0 aliphatic carbocycles. The molecule has 1 rings (SSSR count). The Morgan fingerprint density at radius 1 is 1.17 bits per heavy atom. The normalized spacial score (nSPS) is 12.8. The molecule has 1 aromatic rings. The summed E-state index contributed by atoms with van der Waals surface area (Å²) in [5, 5.41) is 0. The van der Waals surface area contributed by atoms with Gasteiger partial charge in [0.05, 0.1) is 5.67 Å². The van der Waals surface area contributed by atoms with E-state index in [0.29, 0.717) is 6.54 Å². The third-order valence-electron chi connectivity index (χ3n) is 4.11. The van der Waals surface area contributed by atoms with Crippen LogP contribution in [0.25, 0.3) is 6.08 Å². The molecule has 0 aromatic heterocycles. The average Bonchev–Trinajstić information content (AvgIpc) is 2.60. The Morgan fingerprint density at radius 2 is 1.71 bits per heavy atom. The quantitative estimate of drug-likeness (QED) is 0.603. The number of rotatable bonds is 11. The van der Waals surface area contributed by atoms with E-state index >= 15 is 0 Å². The van der Waals surface area contributed by atoms with Crippen LogP contribution in [0.2, 0.25) is 0 Å². The summed E-state index contributed by atoms with van der Waals surface area (Å²) >= 11 is 0. The zero-order chi connectivity index (χ0) is 17.3. The van der Waals surface area contributed by atoms with Crippen molar-refractivity contribution in [3.63, 3.8) is 0 Å². The van der Waals surface area contributed by atoms with E-state index in [1.165, 1.54) is 5.56 Å². The molecule has 0 radical (unpaired) electrons. The van der Waals surface area contributed by atoms with Crippen molar-refractivity contribution < 1.29 is 13.3 Å². The summed E-state index contributed by atoms with van der Waals surface area (Å²) < 4.78 is 17.1. The van der Waals surface area contributed by atoms with Crippen LogP contribution in [0.3, 0.4) is 0 Å². The Bertz CT molecular complexity index is 461. The summed E-state index contributed by atoms with van der Waals surface area (Å²) in [6.45, 7) is 8.01. The second-order valence-corrected chi connectivity index (χ2v) is 8.44. The van der Waals surface area contributed by atoms with Gasteiger partial charge in [0.25, 0.3) is 0 Å².